The number of rotatable bonds is 2. The van der Waals surface area contributed by atoms with Crippen LogP contribution >= 0.6 is 0 Å². The van der Waals surface area contributed by atoms with E-state index in [1.54, 1.807) is 23.1 Å². The van der Waals surface area contributed by atoms with Gasteiger partial charge in [-0.2, -0.15) is 0 Å². The number of phenols is 1. The van der Waals surface area contributed by atoms with Crippen LogP contribution in [0.5, 0.6) is 5.75 Å². The fourth-order valence-electron chi connectivity index (χ4n) is 2.28. The van der Waals surface area contributed by atoms with Crippen molar-refractivity contribution in [2.75, 3.05) is 13.1 Å². The Morgan fingerprint density at radius 3 is 2.53 bits per heavy atom. The third-order valence-corrected chi connectivity index (χ3v) is 3.45. The highest BCUT2D eigenvalue weighted by atomic mass is 16.4. The van der Waals surface area contributed by atoms with Crippen molar-refractivity contribution in [3.05, 3.63) is 29.8 Å². The first-order valence-corrected chi connectivity index (χ1v) is 6.18. The van der Waals surface area contributed by atoms with Gasteiger partial charge in [-0.15, -0.1) is 0 Å². The highest BCUT2D eigenvalue weighted by molar-refractivity contribution is 5.97. The number of carbonyl (C=O) groups is 1. The van der Waals surface area contributed by atoms with E-state index in [9.17, 15) is 9.90 Å². The van der Waals surface area contributed by atoms with E-state index in [0.29, 0.717) is 31.5 Å². The van der Waals surface area contributed by atoms with E-state index in [1.165, 1.54) is 6.07 Å². The minimum Gasteiger partial charge on any atom is -0.507 e. The van der Waals surface area contributed by atoms with Crippen molar-refractivity contribution in [1.29, 1.82) is 0 Å². The monoisotopic (exact) mass is 263 g/mol. The summed E-state index contributed by atoms with van der Waals surface area (Å²) in [6.45, 7) is 1.07. The minimum atomic E-state index is -0.184. The lowest BCUT2D eigenvalue weighted by Gasteiger charge is -2.31. The molecule has 0 spiro atoms. The Kier molecular flexibility index (Phi) is 3.89. The van der Waals surface area contributed by atoms with Gasteiger partial charge in [0.25, 0.3) is 5.91 Å². The molecule has 0 saturated carbocycles. The maximum absolute atomic E-state index is 12.2. The summed E-state index contributed by atoms with van der Waals surface area (Å²) in [7, 11) is 0. The minimum absolute atomic E-state index is 0.00828. The maximum atomic E-state index is 12.2. The van der Waals surface area contributed by atoms with E-state index >= 15 is 0 Å². The van der Waals surface area contributed by atoms with Crippen LogP contribution in [0.2, 0.25) is 0 Å². The van der Waals surface area contributed by atoms with Crippen LogP contribution in [0.1, 0.15) is 23.2 Å². The number of hydrogen-bond donors (Lipinski definition) is 3. The molecule has 1 aromatic rings. The van der Waals surface area contributed by atoms with Crippen molar-refractivity contribution in [2.45, 2.75) is 12.8 Å². The molecule has 0 radical (unpaired) electrons. The number of benzene rings is 1. The summed E-state index contributed by atoms with van der Waals surface area (Å²) in [5, 5.41) is 21.3. The lowest BCUT2D eigenvalue weighted by Crippen LogP contribution is -2.41. The number of amidine groups is 1. The molecule has 102 valence electrons. The van der Waals surface area contributed by atoms with Crippen LogP contribution < -0.4 is 5.73 Å². The molecule has 1 amide bonds. The van der Waals surface area contributed by atoms with Crippen molar-refractivity contribution in [1.82, 2.24) is 4.90 Å². The molecule has 1 fully saturated rings. The van der Waals surface area contributed by atoms with Crippen LogP contribution in [-0.2, 0) is 0 Å². The van der Waals surface area contributed by atoms with Gasteiger partial charge in [0.05, 0.1) is 5.56 Å². The summed E-state index contributed by atoms with van der Waals surface area (Å²) in [6, 6.07) is 6.50. The van der Waals surface area contributed by atoms with Gasteiger partial charge in [-0.3, -0.25) is 4.79 Å². The summed E-state index contributed by atoms with van der Waals surface area (Å²) in [6.07, 6.45) is 1.32. The van der Waals surface area contributed by atoms with Crippen LogP contribution in [0, 0.1) is 5.92 Å². The summed E-state index contributed by atoms with van der Waals surface area (Å²) >= 11 is 0. The molecule has 1 heterocycles. The SMILES string of the molecule is NC(=NO)C1CCN(C(=O)c2ccccc2O)CC1. The first-order valence-electron chi connectivity index (χ1n) is 6.18. The average Bonchev–Trinajstić information content (AvgIpc) is 2.46. The molecule has 1 aliphatic heterocycles. The van der Waals surface area contributed by atoms with E-state index < -0.39 is 0 Å². The maximum Gasteiger partial charge on any atom is 0.257 e. The molecule has 0 bridgehead atoms. The first kappa shape index (κ1) is 13.2. The summed E-state index contributed by atoms with van der Waals surface area (Å²) in [5.74, 6) is 0.0372. The number of para-hydroxylation sites is 1. The van der Waals surface area contributed by atoms with Gasteiger partial charge in [0.2, 0.25) is 0 Å². The van der Waals surface area contributed by atoms with Gasteiger partial charge in [0, 0.05) is 19.0 Å². The lowest BCUT2D eigenvalue weighted by molar-refractivity contribution is 0.0706. The molecule has 1 aromatic carbocycles. The van der Waals surface area contributed by atoms with Gasteiger partial charge in [0.1, 0.15) is 11.6 Å². The smallest absolute Gasteiger partial charge is 0.257 e. The fourth-order valence-corrected chi connectivity index (χ4v) is 2.28. The third-order valence-electron chi connectivity index (χ3n) is 3.45. The molecule has 4 N–H and O–H groups in total. The van der Waals surface area contributed by atoms with E-state index in [4.69, 9.17) is 10.9 Å². The summed E-state index contributed by atoms with van der Waals surface area (Å²) in [5.41, 5.74) is 5.87. The van der Waals surface area contributed by atoms with Crippen molar-refractivity contribution in [3.63, 3.8) is 0 Å². The highest BCUT2D eigenvalue weighted by Gasteiger charge is 2.26. The number of hydrogen-bond acceptors (Lipinski definition) is 4. The Morgan fingerprint density at radius 1 is 1.32 bits per heavy atom. The molecular weight excluding hydrogens is 246 g/mol. The van der Waals surface area contributed by atoms with Gasteiger partial charge < -0.3 is 20.9 Å². The molecule has 0 aliphatic carbocycles. The molecule has 0 aromatic heterocycles. The van der Waals surface area contributed by atoms with Gasteiger partial charge in [-0.1, -0.05) is 17.3 Å². The van der Waals surface area contributed by atoms with Crippen LogP contribution in [-0.4, -0.2) is 40.0 Å². The largest absolute Gasteiger partial charge is 0.507 e. The lowest BCUT2D eigenvalue weighted by atomic mass is 9.95. The second-order valence-corrected chi connectivity index (χ2v) is 4.61. The fraction of sp³-hybridized carbons (Fsp3) is 0.385. The molecule has 0 unspecified atom stereocenters. The number of likely N-dealkylation sites (tertiary alicyclic amines) is 1. The second kappa shape index (κ2) is 5.60. The second-order valence-electron chi connectivity index (χ2n) is 4.61. The van der Waals surface area contributed by atoms with E-state index in [1.807, 2.05) is 0 Å². The predicted octanol–water partition coefficient (Wildman–Crippen LogP) is 0.991. The Bertz CT molecular complexity index is 494. The predicted molar refractivity (Wildman–Crippen MR) is 70.1 cm³/mol. The average molecular weight is 263 g/mol. The number of nitrogens with zero attached hydrogens (tertiary/aromatic N) is 2. The van der Waals surface area contributed by atoms with E-state index in [2.05, 4.69) is 5.16 Å². The van der Waals surface area contributed by atoms with Crippen LogP contribution in [0.3, 0.4) is 0 Å². The van der Waals surface area contributed by atoms with Crippen molar-refractivity contribution in [3.8, 4) is 5.75 Å². The van der Waals surface area contributed by atoms with E-state index in [-0.39, 0.29) is 23.4 Å². The number of phenolic OH excluding ortho intramolecular Hbond substituents is 1. The highest BCUT2D eigenvalue weighted by Crippen LogP contribution is 2.22. The number of amides is 1. The number of carbonyl (C=O) groups excluding carboxylic acids is 1. The zero-order valence-corrected chi connectivity index (χ0v) is 10.5. The van der Waals surface area contributed by atoms with E-state index in [0.717, 1.165) is 0 Å². The third kappa shape index (κ3) is 2.78. The number of nitrogens with two attached hydrogens (primary N) is 1. The quantitative estimate of drug-likeness (QED) is 0.320. The van der Waals surface area contributed by atoms with Crippen molar-refractivity contribution >= 4 is 11.7 Å². The normalized spacial score (nSPS) is 17.5. The Labute approximate surface area is 111 Å². The molecule has 19 heavy (non-hydrogen) atoms. The zero-order valence-electron chi connectivity index (χ0n) is 10.5. The Hall–Kier alpha value is -2.24. The van der Waals surface area contributed by atoms with Gasteiger partial charge in [-0.05, 0) is 25.0 Å². The van der Waals surface area contributed by atoms with Gasteiger partial charge in [-0.25, -0.2) is 0 Å². The van der Waals surface area contributed by atoms with Gasteiger partial charge in [0.15, 0.2) is 0 Å². The molecule has 1 saturated heterocycles. The molecule has 0 atom stereocenters. The molecular formula is C13H17N3O3. The standard InChI is InChI=1S/C13H17N3O3/c14-12(15-19)9-5-7-16(8-6-9)13(18)10-3-1-2-4-11(10)17/h1-4,9,17,19H,5-8H2,(H2,14,15). The molecule has 2 rings (SSSR count). The molecule has 6 nitrogen and oxygen atoms in total. The van der Waals surface area contributed by atoms with Crippen LogP contribution in [0.25, 0.3) is 0 Å². The zero-order chi connectivity index (χ0) is 13.8. The molecule has 1 aliphatic rings. The topological polar surface area (TPSA) is 99.2 Å². The number of aromatic hydroxyl groups is 1. The Morgan fingerprint density at radius 2 is 1.95 bits per heavy atom. The number of oxime groups is 1. The van der Waals surface area contributed by atoms with Crippen LogP contribution in [0.4, 0.5) is 0 Å². The van der Waals surface area contributed by atoms with Gasteiger partial charge >= 0.3 is 0 Å². The van der Waals surface area contributed by atoms with Crippen molar-refractivity contribution in [2.24, 2.45) is 16.8 Å². The summed E-state index contributed by atoms with van der Waals surface area (Å²) < 4.78 is 0. The molecule has 6 heteroatoms. The van der Waals surface area contributed by atoms with Crippen LogP contribution in [0.15, 0.2) is 29.4 Å². The number of piperidine rings is 1. The first-order chi connectivity index (χ1) is 9.13. The Balaban J connectivity index is 2.02. The summed E-state index contributed by atoms with van der Waals surface area (Å²) in [4.78, 5) is 13.9. The van der Waals surface area contributed by atoms with Crippen molar-refractivity contribution < 1.29 is 15.1 Å².